The van der Waals surface area contributed by atoms with Crippen LogP contribution in [0.1, 0.15) is 136 Å². The van der Waals surface area contributed by atoms with Gasteiger partial charge in [0.1, 0.15) is 18.2 Å². The quantitative estimate of drug-likeness (QED) is 0.162. The molecule has 0 amide bonds. The normalized spacial score (nSPS) is 17.9. The molecule has 1 unspecified atom stereocenters. The molecule has 6 aromatic carbocycles. The lowest BCUT2D eigenvalue weighted by molar-refractivity contribution is -0.997. The summed E-state index contributed by atoms with van der Waals surface area (Å²) in [7, 11) is 0. The van der Waals surface area contributed by atoms with Crippen molar-refractivity contribution in [2.24, 2.45) is 5.41 Å². The molecule has 4 nitrogen and oxygen atoms in total. The predicted molar refractivity (Wildman–Crippen MR) is 273 cm³/mol. The van der Waals surface area contributed by atoms with E-state index >= 15 is 0 Å². The third kappa shape index (κ3) is 5.88. The molecule has 3 aliphatic rings. The topological polar surface area (TPSA) is 21.9 Å². The van der Waals surface area contributed by atoms with Crippen molar-refractivity contribution in [1.82, 2.24) is 4.57 Å². The molecular weight excluding hydrogens is 803 g/mol. The Bertz CT molecular complexity index is 3780. The number of aromatic nitrogens is 3. The fourth-order valence-electron chi connectivity index (χ4n) is 10.3. The van der Waals surface area contributed by atoms with Crippen LogP contribution in [0.4, 0.5) is 0 Å². The maximum absolute atomic E-state index is 10.4. The second kappa shape index (κ2) is 13.7. The van der Waals surface area contributed by atoms with Gasteiger partial charge < -0.3 is 4.74 Å². The first kappa shape index (κ1) is 34.1. The van der Waals surface area contributed by atoms with E-state index in [1.165, 1.54) is 5.56 Å². The third-order valence-electron chi connectivity index (χ3n) is 15.1. The molecule has 0 radical (unpaired) electrons. The van der Waals surface area contributed by atoms with Crippen LogP contribution in [0.2, 0.25) is 0 Å². The van der Waals surface area contributed by atoms with E-state index in [1.54, 1.807) is 4.57 Å². The standard InChI is InChI=1S/C62H65N3O/c1-57(2,3)42-34-46-44-26-21-27-51-54(44)65-56(64(51)50-29-28-41(61(13,14)60(10,11)12)33-45(50)39-24-19-16-20-25-39)48-36-43(58(4,5)6)37-49(59(7,8)9)55(48)66-62(65)53(46)47(35-42)52-32-40(30-31-63(52)62)38-22-17-15-18-23-38/h15-37H,1-14H3/q+2/i15D,17D,18D,22D,23D,30D,31D,32D. The summed E-state index contributed by atoms with van der Waals surface area (Å²) in [6.45, 7) is 31.2. The summed E-state index contributed by atoms with van der Waals surface area (Å²) in [6.07, 6.45) is -0.332. The van der Waals surface area contributed by atoms with Crippen LogP contribution >= 0.6 is 0 Å². The Balaban J connectivity index is 1.40. The highest BCUT2D eigenvalue weighted by Gasteiger charge is 2.69. The fourth-order valence-corrected chi connectivity index (χ4v) is 10.3. The monoisotopic (exact) mass is 876 g/mol. The van der Waals surface area contributed by atoms with Crippen LogP contribution in [0.15, 0.2) is 139 Å². The summed E-state index contributed by atoms with van der Waals surface area (Å²) in [4.78, 5) is 0. The number of nitrogens with zero attached hydrogens (tertiary/aromatic N) is 3. The molecule has 0 N–H and O–H groups in total. The van der Waals surface area contributed by atoms with Crippen LogP contribution in [0.25, 0.3) is 72.7 Å². The highest BCUT2D eigenvalue weighted by molar-refractivity contribution is 5.98. The molecular formula is C62H65N3O+2. The SMILES string of the molecule is [2H]c1c([2H])c([2H])c(-c2c([2H])c([2H])[n+]3c(c2[2H])-c2cc(C(C)(C)C)cc4c2C32Oc3c(cc(C(C)(C)C)cc3C(C)(C)C)-c3n(-c5ccc(C(C)(C)C(C)(C)C)cc5-c5ccccc5)c5cccc-4c5[n+]32)c([2H])c1[2H]. The van der Waals surface area contributed by atoms with Crippen molar-refractivity contribution in [1.29, 1.82) is 0 Å². The van der Waals surface area contributed by atoms with E-state index in [-0.39, 0.29) is 45.3 Å². The second-order valence-corrected chi connectivity index (χ2v) is 23.4. The van der Waals surface area contributed by atoms with Crippen molar-refractivity contribution in [3.63, 3.8) is 0 Å². The lowest BCUT2D eigenvalue weighted by Gasteiger charge is -2.39. The average molecular weight is 876 g/mol. The highest BCUT2D eigenvalue weighted by Crippen LogP contribution is 2.57. The van der Waals surface area contributed by atoms with E-state index in [9.17, 15) is 4.11 Å². The van der Waals surface area contributed by atoms with Gasteiger partial charge >= 0.3 is 11.7 Å². The largest absolute Gasteiger partial charge is 0.499 e. The lowest BCUT2D eigenvalue weighted by Crippen LogP contribution is -2.78. The molecule has 66 heavy (non-hydrogen) atoms. The molecule has 1 atom stereocenters. The average Bonchev–Trinajstić information content (AvgIpc) is 3.83. The minimum Gasteiger partial charge on any atom is -0.392 e. The molecule has 1 spiro atoms. The number of rotatable bonds is 4. The Morgan fingerprint density at radius 2 is 1.21 bits per heavy atom. The zero-order chi connectivity index (χ0) is 53.6. The highest BCUT2D eigenvalue weighted by atomic mass is 16.5. The first-order valence-electron chi connectivity index (χ1n) is 27.4. The van der Waals surface area contributed by atoms with Gasteiger partial charge in [-0.05, 0) is 103 Å². The van der Waals surface area contributed by atoms with Crippen LogP contribution in [-0.2, 0) is 27.5 Å². The second-order valence-electron chi connectivity index (χ2n) is 23.4. The van der Waals surface area contributed by atoms with Gasteiger partial charge in [-0.15, -0.1) is 9.13 Å². The van der Waals surface area contributed by atoms with Gasteiger partial charge in [0.25, 0.3) is 0 Å². The maximum Gasteiger partial charge on any atom is 0.499 e. The van der Waals surface area contributed by atoms with Gasteiger partial charge in [0.2, 0.25) is 5.69 Å². The molecule has 2 aromatic heterocycles. The summed E-state index contributed by atoms with van der Waals surface area (Å²) in [5.74, 6) is -0.328. The van der Waals surface area contributed by atoms with E-state index in [4.69, 9.17) is 11.6 Å². The summed E-state index contributed by atoms with van der Waals surface area (Å²) >= 11 is 0. The van der Waals surface area contributed by atoms with Crippen molar-refractivity contribution >= 4 is 11.0 Å². The summed E-state index contributed by atoms with van der Waals surface area (Å²) in [5, 5.41) is 0. The van der Waals surface area contributed by atoms with Gasteiger partial charge in [0.05, 0.1) is 15.2 Å². The van der Waals surface area contributed by atoms with E-state index < -0.39 is 52.9 Å². The predicted octanol–water partition coefficient (Wildman–Crippen LogP) is 15.0. The molecule has 8 aromatic rings. The van der Waals surface area contributed by atoms with Crippen LogP contribution in [0.3, 0.4) is 0 Å². The Kier molecular flexibility index (Phi) is 7.06. The van der Waals surface area contributed by atoms with Gasteiger partial charge in [0, 0.05) is 34.3 Å². The van der Waals surface area contributed by atoms with Gasteiger partial charge in [-0.25, -0.2) is 0 Å². The number of ether oxygens (including phenoxy) is 1. The molecule has 3 aliphatic heterocycles. The van der Waals surface area contributed by atoms with Gasteiger partial charge in [0.15, 0.2) is 23.0 Å². The van der Waals surface area contributed by atoms with Crippen LogP contribution in [0, 0.1) is 5.41 Å². The van der Waals surface area contributed by atoms with Crippen LogP contribution in [0.5, 0.6) is 5.75 Å². The van der Waals surface area contributed by atoms with E-state index in [0.717, 1.165) is 67.1 Å². The first-order chi connectivity index (χ1) is 34.3. The molecule has 332 valence electrons. The molecule has 11 rings (SSSR count). The van der Waals surface area contributed by atoms with Crippen molar-refractivity contribution in [3.8, 4) is 67.5 Å². The van der Waals surface area contributed by atoms with Gasteiger partial charge in [-0.3, -0.25) is 0 Å². The zero-order valence-electron chi connectivity index (χ0n) is 48.9. The number of para-hydroxylation sites is 1. The minimum absolute atomic E-state index is 0.0765. The Morgan fingerprint density at radius 1 is 0.561 bits per heavy atom. The number of fused-ring (bicyclic) bond motifs is 5. The summed E-state index contributed by atoms with van der Waals surface area (Å²) in [5.41, 5.74) is 11.3. The molecule has 0 saturated heterocycles. The summed E-state index contributed by atoms with van der Waals surface area (Å²) < 4.78 is 89.1. The van der Waals surface area contributed by atoms with Crippen molar-refractivity contribution in [2.45, 2.75) is 124 Å². The van der Waals surface area contributed by atoms with Crippen molar-refractivity contribution in [3.05, 3.63) is 167 Å². The molecule has 0 fully saturated rings. The lowest BCUT2D eigenvalue weighted by atomic mass is 9.65. The number of hydrogen-bond donors (Lipinski definition) is 0. The van der Waals surface area contributed by atoms with Crippen molar-refractivity contribution in [2.75, 3.05) is 0 Å². The zero-order valence-corrected chi connectivity index (χ0v) is 40.9. The molecule has 0 saturated carbocycles. The van der Waals surface area contributed by atoms with Crippen LogP contribution in [-0.4, -0.2) is 4.57 Å². The number of hydrogen-bond acceptors (Lipinski definition) is 1. The number of imidazole rings is 1. The van der Waals surface area contributed by atoms with E-state index in [1.807, 2.05) is 6.07 Å². The van der Waals surface area contributed by atoms with E-state index in [2.05, 4.69) is 191 Å². The fraction of sp³-hybridized carbons (Fsp3) is 0.323. The number of benzene rings is 6. The molecule has 5 heterocycles. The van der Waals surface area contributed by atoms with Crippen LogP contribution < -0.4 is 13.9 Å². The smallest absolute Gasteiger partial charge is 0.392 e. The number of pyridine rings is 1. The molecule has 4 heteroatoms. The van der Waals surface area contributed by atoms with Gasteiger partial charge in [-0.1, -0.05) is 176 Å². The molecule has 0 bridgehead atoms. The Labute approximate surface area is 403 Å². The molecule has 0 aliphatic carbocycles. The Hall–Kier alpha value is -6.26. The van der Waals surface area contributed by atoms with Crippen molar-refractivity contribution < 1.29 is 24.8 Å². The third-order valence-corrected chi connectivity index (χ3v) is 15.1. The summed E-state index contributed by atoms with van der Waals surface area (Å²) in [6, 6.07) is 29.2. The first-order valence-corrected chi connectivity index (χ1v) is 23.4. The minimum atomic E-state index is -1.75. The van der Waals surface area contributed by atoms with Gasteiger partial charge in [-0.2, -0.15) is 4.57 Å². The Morgan fingerprint density at radius 3 is 1.88 bits per heavy atom. The maximum atomic E-state index is 10.4. The van der Waals surface area contributed by atoms with E-state index in [0.29, 0.717) is 16.9 Å².